The largest absolute Gasteiger partial charge is 0.352 e. The third-order valence-electron chi connectivity index (χ3n) is 2.49. The van der Waals surface area contributed by atoms with Crippen LogP contribution in [-0.2, 0) is 6.42 Å². The number of nitrogens with one attached hydrogen (secondary N) is 2. The molecule has 0 aromatic carbocycles. The van der Waals surface area contributed by atoms with E-state index in [9.17, 15) is 4.79 Å². The minimum absolute atomic E-state index is 0.264. The summed E-state index contributed by atoms with van der Waals surface area (Å²) in [6.07, 6.45) is 4.77. The molecular weight excluding hydrogens is 280 g/mol. The van der Waals surface area contributed by atoms with Crippen LogP contribution in [0.3, 0.4) is 0 Å². The second kappa shape index (κ2) is 6.53. The number of nitrogens with zero attached hydrogens (tertiary/aromatic N) is 2. The first-order valence-electron chi connectivity index (χ1n) is 6.02. The van der Waals surface area contributed by atoms with Gasteiger partial charge in [-0.1, -0.05) is 36.9 Å². The van der Waals surface area contributed by atoms with E-state index in [1.165, 1.54) is 11.3 Å². The molecule has 2 rings (SSSR count). The molecule has 2 heterocycles. The van der Waals surface area contributed by atoms with Gasteiger partial charge in [0.25, 0.3) is 5.91 Å². The smallest absolute Gasteiger partial charge is 0.260 e. The van der Waals surface area contributed by atoms with Crippen molar-refractivity contribution in [1.82, 2.24) is 15.2 Å². The second-order valence-electron chi connectivity index (χ2n) is 3.97. The molecule has 0 fully saturated rings. The van der Waals surface area contributed by atoms with Crippen molar-refractivity contribution in [3.8, 4) is 0 Å². The van der Waals surface area contributed by atoms with E-state index in [0.717, 1.165) is 24.3 Å². The van der Waals surface area contributed by atoms with E-state index < -0.39 is 0 Å². The topological polar surface area (TPSA) is 70.7 Å². The molecule has 100 valence electrons. The van der Waals surface area contributed by atoms with Crippen LogP contribution in [0.25, 0.3) is 0 Å². The number of hydrogen-bond acceptors (Lipinski definition) is 5. The molecule has 2 aromatic heterocycles. The predicted octanol–water partition coefficient (Wildman–Crippen LogP) is 3.19. The average molecular weight is 294 g/mol. The number of carbonyl (C=O) groups is 1. The zero-order valence-corrected chi connectivity index (χ0v) is 12.1. The summed E-state index contributed by atoms with van der Waals surface area (Å²) in [5.74, 6) is -0.264. The first kappa shape index (κ1) is 13.8. The third-order valence-corrected chi connectivity index (χ3v) is 3.73. The lowest BCUT2D eigenvalue weighted by atomic mass is 10.3. The van der Waals surface area contributed by atoms with Gasteiger partial charge in [0.05, 0.1) is 5.56 Å². The van der Waals surface area contributed by atoms with Crippen molar-refractivity contribution >= 4 is 34.6 Å². The van der Waals surface area contributed by atoms with E-state index in [2.05, 4.69) is 27.4 Å². The van der Waals surface area contributed by atoms with E-state index in [1.54, 1.807) is 18.3 Å². The van der Waals surface area contributed by atoms with Gasteiger partial charge in [-0.2, -0.15) is 0 Å². The summed E-state index contributed by atoms with van der Waals surface area (Å²) >= 11 is 6.46. The van der Waals surface area contributed by atoms with Gasteiger partial charge in [-0.15, -0.1) is 10.2 Å². The number of aromatic nitrogens is 3. The van der Waals surface area contributed by atoms with Crippen molar-refractivity contribution < 1.29 is 4.79 Å². The molecule has 0 saturated carbocycles. The fourth-order valence-corrected chi connectivity index (χ4v) is 2.50. The third kappa shape index (κ3) is 3.68. The predicted molar refractivity (Wildman–Crippen MR) is 78.1 cm³/mol. The molecule has 0 spiro atoms. The molecule has 0 aliphatic heterocycles. The van der Waals surface area contributed by atoms with Crippen molar-refractivity contribution in [2.24, 2.45) is 0 Å². The van der Waals surface area contributed by atoms with Gasteiger partial charge < -0.3 is 4.98 Å². The Labute approximate surface area is 120 Å². The summed E-state index contributed by atoms with van der Waals surface area (Å²) in [5, 5.41) is 12.2. The fourth-order valence-electron chi connectivity index (χ4n) is 1.50. The van der Waals surface area contributed by atoms with Crippen LogP contribution in [0.5, 0.6) is 0 Å². The van der Waals surface area contributed by atoms with Gasteiger partial charge in [-0.25, -0.2) is 0 Å². The zero-order chi connectivity index (χ0) is 13.7. The maximum atomic E-state index is 12.0. The minimum Gasteiger partial charge on any atom is -0.352 e. The number of rotatable bonds is 5. The summed E-state index contributed by atoms with van der Waals surface area (Å²) in [6.45, 7) is 2.13. The van der Waals surface area contributed by atoms with Crippen LogP contribution >= 0.6 is 23.6 Å². The van der Waals surface area contributed by atoms with Crippen molar-refractivity contribution in [3.05, 3.63) is 33.5 Å². The minimum atomic E-state index is -0.264. The molecule has 0 aliphatic rings. The van der Waals surface area contributed by atoms with E-state index in [0.29, 0.717) is 15.3 Å². The molecular formula is C12H14N4OS2. The molecule has 0 aliphatic carbocycles. The van der Waals surface area contributed by atoms with Crippen LogP contribution in [-0.4, -0.2) is 21.1 Å². The number of carbonyl (C=O) groups excluding carboxylic acids is 1. The Balaban J connectivity index is 2.05. The van der Waals surface area contributed by atoms with Gasteiger partial charge in [0.15, 0.2) is 0 Å². The molecule has 0 bridgehead atoms. The number of unbranched alkanes of at least 4 members (excludes halogenated alkanes) is 1. The van der Waals surface area contributed by atoms with Crippen LogP contribution in [0, 0.1) is 4.64 Å². The van der Waals surface area contributed by atoms with Gasteiger partial charge >= 0.3 is 0 Å². The highest BCUT2D eigenvalue weighted by atomic mass is 32.1. The van der Waals surface area contributed by atoms with E-state index in [-0.39, 0.29) is 5.91 Å². The zero-order valence-electron chi connectivity index (χ0n) is 10.5. The molecule has 1 amide bonds. The van der Waals surface area contributed by atoms with Crippen LogP contribution < -0.4 is 5.32 Å². The lowest BCUT2D eigenvalue weighted by Gasteiger charge is -2.00. The van der Waals surface area contributed by atoms with E-state index in [1.807, 2.05) is 0 Å². The molecule has 2 N–H and O–H groups in total. The molecule has 19 heavy (non-hydrogen) atoms. The number of H-pyrrole nitrogens is 1. The van der Waals surface area contributed by atoms with Crippen molar-refractivity contribution in [3.63, 3.8) is 0 Å². The Morgan fingerprint density at radius 1 is 1.53 bits per heavy atom. The Morgan fingerprint density at radius 2 is 2.37 bits per heavy atom. The summed E-state index contributed by atoms with van der Waals surface area (Å²) in [7, 11) is 0. The number of hydrogen-bond donors (Lipinski definition) is 2. The summed E-state index contributed by atoms with van der Waals surface area (Å²) in [4.78, 5) is 14.8. The summed E-state index contributed by atoms with van der Waals surface area (Å²) < 4.78 is 0.413. The Kier molecular flexibility index (Phi) is 4.75. The fraction of sp³-hybridized carbons (Fsp3) is 0.333. The number of anilines is 1. The molecule has 0 radical (unpaired) electrons. The van der Waals surface area contributed by atoms with Gasteiger partial charge in [0.1, 0.15) is 9.65 Å². The van der Waals surface area contributed by atoms with Gasteiger partial charge in [0, 0.05) is 12.6 Å². The van der Waals surface area contributed by atoms with Crippen LogP contribution in [0.1, 0.15) is 35.1 Å². The van der Waals surface area contributed by atoms with E-state index in [4.69, 9.17) is 12.2 Å². The van der Waals surface area contributed by atoms with E-state index >= 15 is 0 Å². The van der Waals surface area contributed by atoms with Crippen molar-refractivity contribution in [2.75, 3.05) is 5.32 Å². The standard InChI is InChI=1S/C12H14N4OS2/c1-2-3-6-9-15-16-12(19-9)14-10(17)8-5-4-7-13-11(8)18/h4-5,7H,2-3,6H2,1H3,(H,13,18)(H,14,16,17). The normalized spacial score (nSPS) is 10.4. The Morgan fingerprint density at radius 3 is 3.11 bits per heavy atom. The van der Waals surface area contributed by atoms with Gasteiger partial charge in [-0.05, 0) is 18.6 Å². The van der Waals surface area contributed by atoms with Crippen LogP contribution in [0.15, 0.2) is 18.3 Å². The molecule has 0 unspecified atom stereocenters. The Hall–Kier alpha value is -1.60. The second-order valence-corrected chi connectivity index (χ2v) is 5.44. The highest BCUT2D eigenvalue weighted by Gasteiger charge is 2.11. The SMILES string of the molecule is CCCCc1nnc(NC(=O)c2ccc[nH]c2=S)s1. The maximum Gasteiger partial charge on any atom is 0.260 e. The first-order chi connectivity index (χ1) is 9.20. The average Bonchev–Trinajstić information content (AvgIpc) is 2.84. The number of aryl methyl sites for hydroxylation is 1. The van der Waals surface area contributed by atoms with Crippen LogP contribution in [0.4, 0.5) is 5.13 Å². The summed E-state index contributed by atoms with van der Waals surface area (Å²) in [6, 6.07) is 3.41. The molecule has 7 heteroatoms. The van der Waals surface area contributed by atoms with Crippen molar-refractivity contribution in [1.29, 1.82) is 0 Å². The lowest BCUT2D eigenvalue weighted by Crippen LogP contribution is -2.12. The molecule has 0 atom stereocenters. The molecule has 0 saturated heterocycles. The number of pyridine rings is 1. The Bertz CT molecular complexity index is 620. The monoisotopic (exact) mass is 294 g/mol. The van der Waals surface area contributed by atoms with Gasteiger partial charge in [-0.3, -0.25) is 10.1 Å². The summed E-state index contributed by atoms with van der Waals surface area (Å²) in [5.41, 5.74) is 0.433. The molecule has 5 nitrogen and oxygen atoms in total. The molecule has 2 aromatic rings. The lowest BCUT2D eigenvalue weighted by molar-refractivity contribution is 0.102. The number of amides is 1. The quantitative estimate of drug-likeness (QED) is 0.831. The maximum absolute atomic E-state index is 12.0. The highest BCUT2D eigenvalue weighted by molar-refractivity contribution is 7.71. The van der Waals surface area contributed by atoms with Gasteiger partial charge in [0.2, 0.25) is 5.13 Å². The van der Waals surface area contributed by atoms with Crippen LogP contribution in [0.2, 0.25) is 0 Å². The number of aromatic amines is 1. The van der Waals surface area contributed by atoms with Crippen molar-refractivity contribution in [2.45, 2.75) is 26.2 Å². The first-order valence-corrected chi connectivity index (χ1v) is 7.24. The highest BCUT2D eigenvalue weighted by Crippen LogP contribution is 2.18.